The van der Waals surface area contributed by atoms with Gasteiger partial charge < -0.3 is 9.84 Å². The maximum Gasteiger partial charge on any atom is 0.312 e. The minimum absolute atomic E-state index is 0.00778. The van der Waals surface area contributed by atoms with Crippen LogP contribution in [0.1, 0.15) is 51.9 Å². The van der Waals surface area contributed by atoms with Crippen molar-refractivity contribution in [1.29, 1.82) is 0 Å². The first kappa shape index (κ1) is 12.5. The van der Waals surface area contributed by atoms with Crippen molar-refractivity contribution in [2.75, 3.05) is 6.61 Å². The highest BCUT2D eigenvalue weighted by molar-refractivity contribution is 5.76. The average molecular weight is 252 g/mol. The van der Waals surface area contributed by atoms with Gasteiger partial charge in [0.15, 0.2) is 0 Å². The third-order valence-electron chi connectivity index (χ3n) is 5.51. The fourth-order valence-corrected chi connectivity index (χ4v) is 4.22. The van der Waals surface area contributed by atoms with Gasteiger partial charge in [0, 0.05) is 6.61 Å². The zero-order valence-corrected chi connectivity index (χ0v) is 11.2. The Labute approximate surface area is 109 Å². The average Bonchev–Trinajstić information content (AvgIpc) is 3.09. The molecule has 2 unspecified atom stereocenters. The van der Waals surface area contributed by atoms with Crippen LogP contribution in [0.15, 0.2) is 0 Å². The first-order valence-electron chi connectivity index (χ1n) is 7.49. The molecule has 3 heteroatoms. The fourth-order valence-electron chi connectivity index (χ4n) is 4.22. The molecule has 102 valence electrons. The molecular formula is C15H24O3. The summed E-state index contributed by atoms with van der Waals surface area (Å²) < 4.78 is 5.85. The van der Waals surface area contributed by atoms with E-state index in [2.05, 4.69) is 6.92 Å². The highest BCUT2D eigenvalue weighted by Crippen LogP contribution is 2.55. The second kappa shape index (κ2) is 4.52. The minimum atomic E-state index is -0.587. The van der Waals surface area contributed by atoms with Gasteiger partial charge in [0.05, 0.1) is 11.5 Å². The van der Waals surface area contributed by atoms with Crippen molar-refractivity contribution in [2.45, 2.75) is 58.0 Å². The zero-order valence-electron chi connectivity index (χ0n) is 11.2. The maximum atomic E-state index is 12.0. The molecule has 0 aromatic rings. The number of aliphatic carboxylic acids is 1. The van der Waals surface area contributed by atoms with Crippen LogP contribution in [0.5, 0.6) is 0 Å². The minimum Gasteiger partial charge on any atom is -0.481 e. The topological polar surface area (TPSA) is 46.5 Å². The van der Waals surface area contributed by atoms with Gasteiger partial charge in [-0.1, -0.05) is 19.8 Å². The lowest BCUT2D eigenvalue weighted by Crippen LogP contribution is -2.47. The molecule has 0 amide bonds. The molecule has 3 fully saturated rings. The van der Waals surface area contributed by atoms with Gasteiger partial charge in [-0.25, -0.2) is 0 Å². The maximum absolute atomic E-state index is 12.0. The lowest BCUT2D eigenvalue weighted by molar-refractivity contribution is -0.159. The molecule has 0 aromatic carbocycles. The Hall–Kier alpha value is -0.570. The van der Waals surface area contributed by atoms with Crippen LogP contribution >= 0.6 is 0 Å². The van der Waals surface area contributed by atoms with Gasteiger partial charge in [0.2, 0.25) is 0 Å². The standard InChI is InChI=1S/C15H24O3/c1-10-2-6-12(7-3-10)15(14(16)17)8-9-18-13(15)11-4-5-11/h10-13H,2-9H2,1H3,(H,16,17). The third kappa shape index (κ3) is 1.87. The van der Waals surface area contributed by atoms with Gasteiger partial charge >= 0.3 is 5.97 Å². The van der Waals surface area contributed by atoms with Crippen LogP contribution in [0.2, 0.25) is 0 Å². The third-order valence-corrected chi connectivity index (χ3v) is 5.51. The first-order valence-corrected chi connectivity index (χ1v) is 7.49. The Bertz CT molecular complexity index is 329. The fraction of sp³-hybridized carbons (Fsp3) is 0.933. The van der Waals surface area contributed by atoms with E-state index in [0.717, 1.165) is 25.2 Å². The van der Waals surface area contributed by atoms with E-state index < -0.39 is 11.4 Å². The van der Waals surface area contributed by atoms with Gasteiger partial charge in [-0.15, -0.1) is 0 Å². The number of carboxylic acid groups (broad SMARTS) is 1. The number of rotatable bonds is 3. The molecule has 18 heavy (non-hydrogen) atoms. The normalized spacial score (nSPS) is 45.1. The van der Waals surface area contributed by atoms with Crippen molar-refractivity contribution in [3.8, 4) is 0 Å². The quantitative estimate of drug-likeness (QED) is 0.839. The van der Waals surface area contributed by atoms with Gasteiger partial charge in [0.25, 0.3) is 0 Å². The number of carboxylic acids is 1. The zero-order chi connectivity index (χ0) is 12.8. The summed E-state index contributed by atoms with van der Waals surface area (Å²) in [5, 5.41) is 9.85. The van der Waals surface area contributed by atoms with E-state index in [1.165, 1.54) is 25.7 Å². The summed E-state index contributed by atoms with van der Waals surface area (Å²) in [7, 11) is 0. The number of hydrogen-bond acceptors (Lipinski definition) is 2. The second-order valence-electron chi connectivity index (χ2n) is 6.68. The van der Waals surface area contributed by atoms with Gasteiger partial charge in [-0.3, -0.25) is 4.79 Å². The lowest BCUT2D eigenvalue weighted by Gasteiger charge is -2.41. The molecule has 0 radical (unpaired) electrons. The molecule has 2 aliphatic carbocycles. The predicted octanol–water partition coefficient (Wildman–Crippen LogP) is 3.08. The Morgan fingerprint density at radius 1 is 1.17 bits per heavy atom. The summed E-state index contributed by atoms with van der Waals surface area (Å²) in [6, 6.07) is 0. The van der Waals surface area contributed by atoms with Crippen molar-refractivity contribution in [2.24, 2.45) is 23.2 Å². The molecule has 1 heterocycles. The number of carbonyl (C=O) groups is 1. The van der Waals surface area contributed by atoms with Crippen molar-refractivity contribution in [3.05, 3.63) is 0 Å². The summed E-state index contributed by atoms with van der Waals surface area (Å²) in [6.07, 6.45) is 7.64. The first-order chi connectivity index (χ1) is 8.64. The van der Waals surface area contributed by atoms with Crippen LogP contribution in [0.25, 0.3) is 0 Å². The van der Waals surface area contributed by atoms with Crippen molar-refractivity contribution in [1.82, 2.24) is 0 Å². The van der Waals surface area contributed by atoms with Crippen molar-refractivity contribution >= 4 is 5.97 Å². The van der Waals surface area contributed by atoms with Crippen LogP contribution in [-0.2, 0) is 9.53 Å². The van der Waals surface area contributed by atoms with Crippen LogP contribution in [0.4, 0.5) is 0 Å². The van der Waals surface area contributed by atoms with E-state index >= 15 is 0 Å². The molecule has 2 saturated carbocycles. The monoisotopic (exact) mass is 252 g/mol. The molecule has 1 saturated heterocycles. The van der Waals surface area contributed by atoms with Gasteiger partial charge in [-0.05, 0) is 49.9 Å². The molecule has 0 bridgehead atoms. The van der Waals surface area contributed by atoms with Gasteiger partial charge in [0.1, 0.15) is 0 Å². The molecule has 2 atom stereocenters. The van der Waals surface area contributed by atoms with Crippen molar-refractivity contribution in [3.63, 3.8) is 0 Å². The molecule has 3 aliphatic rings. The molecular weight excluding hydrogens is 228 g/mol. The molecule has 0 spiro atoms. The Morgan fingerprint density at radius 3 is 2.39 bits per heavy atom. The predicted molar refractivity (Wildman–Crippen MR) is 68.3 cm³/mol. The largest absolute Gasteiger partial charge is 0.481 e. The number of hydrogen-bond donors (Lipinski definition) is 1. The molecule has 0 aromatic heterocycles. The van der Waals surface area contributed by atoms with E-state index in [1.807, 2.05) is 0 Å². The van der Waals surface area contributed by atoms with Crippen LogP contribution < -0.4 is 0 Å². The Kier molecular flexibility index (Phi) is 3.13. The van der Waals surface area contributed by atoms with Crippen molar-refractivity contribution < 1.29 is 14.6 Å². The summed E-state index contributed by atoms with van der Waals surface area (Å²) in [5.74, 6) is 1.06. The van der Waals surface area contributed by atoms with Crippen LogP contribution in [0.3, 0.4) is 0 Å². The second-order valence-corrected chi connectivity index (χ2v) is 6.68. The van der Waals surface area contributed by atoms with E-state index in [0.29, 0.717) is 18.4 Å². The molecule has 3 nitrogen and oxygen atoms in total. The van der Waals surface area contributed by atoms with E-state index in [9.17, 15) is 9.90 Å². The lowest BCUT2D eigenvalue weighted by atomic mass is 9.63. The molecule has 1 aliphatic heterocycles. The summed E-state index contributed by atoms with van der Waals surface area (Å²) in [4.78, 5) is 12.0. The molecule has 1 N–H and O–H groups in total. The van der Waals surface area contributed by atoms with E-state index in [1.54, 1.807) is 0 Å². The van der Waals surface area contributed by atoms with E-state index in [4.69, 9.17) is 4.74 Å². The van der Waals surface area contributed by atoms with Crippen LogP contribution in [0, 0.1) is 23.2 Å². The Morgan fingerprint density at radius 2 is 1.83 bits per heavy atom. The van der Waals surface area contributed by atoms with E-state index in [-0.39, 0.29) is 6.10 Å². The smallest absolute Gasteiger partial charge is 0.312 e. The molecule has 3 rings (SSSR count). The van der Waals surface area contributed by atoms with Gasteiger partial charge in [-0.2, -0.15) is 0 Å². The summed E-state index contributed by atoms with van der Waals surface area (Å²) in [6.45, 7) is 2.94. The summed E-state index contributed by atoms with van der Waals surface area (Å²) >= 11 is 0. The highest BCUT2D eigenvalue weighted by atomic mass is 16.5. The summed E-state index contributed by atoms with van der Waals surface area (Å²) in [5.41, 5.74) is -0.554. The van der Waals surface area contributed by atoms with Crippen LogP contribution in [-0.4, -0.2) is 23.8 Å². The number of ether oxygens (including phenoxy) is 1. The highest BCUT2D eigenvalue weighted by Gasteiger charge is 2.59. The Balaban J connectivity index is 1.83. The SMILES string of the molecule is CC1CCC(C2(C(=O)O)CCOC2C2CC2)CC1.